The van der Waals surface area contributed by atoms with E-state index in [1.807, 2.05) is 58.9 Å². The predicted molar refractivity (Wildman–Crippen MR) is 105 cm³/mol. The zero-order valence-corrected chi connectivity index (χ0v) is 15.7. The molecule has 1 saturated carbocycles. The number of hydrogen-bond donors (Lipinski definition) is 1. The van der Waals surface area contributed by atoms with Crippen LogP contribution in [-0.2, 0) is 6.54 Å². The number of imidazole rings is 1. The minimum atomic E-state index is -0.00942. The van der Waals surface area contributed by atoms with E-state index in [2.05, 4.69) is 20.7 Å². The summed E-state index contributed by atoms with van der Waals surface area (Å²) in [6.07, 6.45) is 7.94. The Kier molecular flexibility index (Phi) is 3.82. The number of nitrogens with one attached hydrogen (secondary N) is 1. The molecule has 1 aliphatic rings. The fourth-order valence-corrected chi connectivity index (χ4v) is 3.87. The van der Waals surface area contributed by atoms with Gasteiger partial charge in [-0.25, -0.2) is 9.97 Å². The van der Waals surface area contributed by atoms with Crippen molar-refractivity contribution in [2.24, 2.45) is 0 Å². The van der Waals surface area contributed by atoms with Crippen LogP contribution in [0.15, 0.2) is 48.4 Å². The summed E-state index contributed by atoms with van der Waals surface area (Å²) in [6, 6.07) is 8.16. The molecule has 0 spiro atoms. The summed E-state index contributed by atoms with van der Waals surface area (Å²) in [7, 11) is 0. The average Bonchev–Trinajstić information content (AvgIpc) is 3.06. The average molecular weight is 377 g/mol. The molecule has 136 valence electrons. The molecule has 6 nitrogen and oxygen atoms in total. The van der Waals surface area contributed by atoms with Crippen LogP contribution in [0.5, 0.6) is 0 Å². The molecule has 0 aliphatic heterocycles. The summed E-state index contributed by atoms with van der Waals surface area (Å²) in [4.78, 5) is 21.7. The van der Waals surface area contributed by atoms with Crippen LogP contribution in [0, 0.1) is 6.92 Å². The van der Waals surface area contributed by atoms with Crippen molar-refractivity contribution in [1.29, 1.82) is 0 Å². The molecule has 0 atom stereocenters. The van der Waals surface area contributed by atoms with Gasteiger partial charge in [-0.05, 0) is 38.0 Å². The summed E-state index contributed by atoms with van der Waals surface area (Å²) in [5, 5.41) is 6.22. The number of carbonyl (C=O) groups is 1. The Labute approximate surface area is 160 Å². The topological polar surface area (TPSA) is 64.2 Å². The second-order valence-corrected chi connectivity index (χ2v) is 8.00. The number of nitrogens with zero attached hydrogens (tertiary/aromatic N) is 4. The summed E-state index contributed by atoms with van der Waals surface area (Å²) < 4.78 is 4.05. The van der Waals surface area contributed by atoms with Gasteiger partial charge in [-0.15, -0.1) is 11.3 Å². The van der Waals surface area contributed by atoms with E-state index in [1.54, 1.807) is 11.3 Å². The van der Waals surface area contributed by atoms with Gasteiger partial charge >= 0.3 is 0 Å². The number of hydrogen-bond acceptors (Lipinski definition) is 4. The van der Waals surface area contributed by atoms with Gasteiger partial charge in [0, 0.05) is 23.8 Å². The normalized spacial score (nSPS) is 14.0. The van der Waals surface area contributed by atoms with Crippen molar-refractivity contribution >= 4 is 22.8 Å². The molecule has 1 amide bonds. The summed E-state index contributed by atoms with van der Waals surface area (Å²) >= 11 is 1.65. The van der Waals surface area contributed by atoms with E-state index in [4.69, 9.17) is 0 Å². The SMILES string of the molecule is Cc1nc(Cn2cnc(-c3cc(C(=O)NC4CC4)c4ccccn34)c2)cs1. The number of pyridine rings is 1. The molecule has 4 aromatic heterocycles. The van der Waals surface area contributed by atoms with Gasteiger partial charge in [-0.2, -0.15) is 0 Å². The minimum absolute atomic E-state index is 0.00942. The van der Waals surface area contributed by atoms with Crippen LogP contribution in [0.4, 0.5) is 0 Å². The Hall–Kier alpha value is -2.93. The number of amides is 1. The van der Waals surface area contributed by atoms with Crippen LogP contribution >= 0.6 is 11.3 Å². The van der Waals surface area contributed by atoms with Crippen LogP contribution in [-0.4, -0.2) is 30.9 Å². The highest BCUT2D eigenvalue weighted by Crippen LogP contribution is 2.27. The fraction of sp³-hybridized carbons (Fsp3) is 0.250. The van der Waals surface area contributed by atoms with Gasteiger partial charge in [-0.3, -0.25) is 4.79 Å². The highest BCUT2D eigenvalue weighted by Gasteiger charge is 2.26. The van der Waals surface area contributed by atoms with Gasteiger partial charge in [-0.1, -0.05) is 6.07 Å². The van der Waals surface area contributed by atoms with Crippen molar-refractivity contribution in [3.05, 3.63) is 64.6 Å². The Balaban J connectivity index is 1.50. The standard InChI is InChI=1S/C20H19N5OS/c1-13-22-15(11-27-13)9-24-10-17(21-12-24)19-8-16(20(26)23-14-5-6-14)18-4-2-3-7-25(18)19/h2-4,7-8,10-12,14H,5-6,9H2,1H3,(H,23,26). The highest BCUT2D eigenvalue weighted by atomic mass is 32.1. The van der Waals surface area contributed by atoms with E-state index in [9.17, 15) is 4.79 Å². The van der Waals surface area contributed by atoms with Crippen molar-refractivity contribution in [3.8, 4) is 11.4 Å². The Morgan fingerprint density at radius 2 is 2.26 bits per heavy atom. The Morgan fingerprint density at radius 1 is 1.37 bits per heavy atom. The second-order valence-electron chi connectivity index (χ2n) is 6.94. The van der Waals surface area contributed by atoms with E-state index in [-0.39, 0.29) is 5.91 Å². The number of fused-ring (bicyclic) bond motifs is 1. The third kappa shape index (κ3) is 3.14. The summed E-state index contributed by atoms with van der Waals surface area (Å²) in [5.41, 5.74) is 4.39. The van der Waals surface area contributed by atoms with Gasteiger partial charge < -0.3 is 14.3 Å². The lowest BCUT2D eigenvalue weighted by Gasteiger charge is -2.02. The van der Waals surface area contributed by atoms with Crippen molar-refractivity contribution < 1.29 is 4.79 Å². The molecule has 1 N–H and O–H groups in total. The van der Waals surface area contributed by atoms with Crippen molar-refractivity contribution in [1.82, 2.24) is 24.3 Å². The molecular weight excluding hydrogens is 358 g/mol. The third-order valence-corrected chi connectivity index (χ3v) is 5.56. The van der Waals surface area contributed by atoms with Gasteiger partial charge in [0.05, 0.1) is 40.3 Å². The molecular formula is C20H19N5OS. The van der Waals surface area contributed by atoms with Crippen LogP contribution in [0.1, 0.15) is 33.9 Å². The lowest BCUT2D eigenvalue weighted by Crippen LogP contribution is -2.25. The maximum Gasteiger partial charge on any atom is 0.253 e. The first-order valence-electron chi connectivity index (χ1n) is 9.01. The molecule has 1 aliphatic carbocycles. The van der Waals surface area contributed by atoms with Gasteiger partial charge in [0.2, 0.25) is 0 Å². The minimum Gasteiger partial charge on any atom is -0.349 e. The molecule has 1 fully saturated rings. The van der Waals surface area contributed by atoms with E-state index in [0.29, 0.717) is 18.2 Å². The van der Waals surface area contributed by atoms with E-state index in [1.165, 1.54) is 0 Å². The molecule has 7 heteroatoms. The maximum absolute atomic E-state index is 12.6. The van der Waals surface area contributed by atoms with Crippen molar-refractivity contribution in [2.75, 3.05) is 0 Å². The lowest BCUT2D eigenvalue weighted by atomic mass is 10.2. The molecule has 0 saturated heterocycles. The van der Waals surface area contributed by atoms with Crippen LogP contribution in [0.25, 0.3) is 16.9 Å². The predicted octanol–water partition coefficient (Wildman–Crippen LogP) is 3.51. The smallest absolute Gasteiger partial charge is 0.253 e. The number of aromatic nitrogens is 4. The van der Waals surface area contributed by atoms with E-state index >= 15 is 0 Å². The largest absolute Gasteiger partial charge is 0.349 e. The summed E-state index contributed by atoms with van der Waals surface area (Å²) in [6.45, 7) is 2.70. The molecule has 0 radical (unpaired) electrons. The molecule has 4 aromatic rings. The molecule has 0 aromatic carbocycles. The maximum atomic E-state index is 12.6. The summed E-state index contributed by atoms with van der Waals surface area (Å²) in [5.74, 6) is -0.00942. The molecule has 5 rings (SSSR count). The fourth-order valence-electron chi connectivity index (χ4n) is 3.27. The quantitative estimate of drug-likeness (QED) is 0.579. The number of aryl methyl sites for hydroxylation is 1. The van der Waals surface area contributed by atoms with E-state index in [0.717, 1.165) is 40.4 Å². The number of carbonyl (C=O) groups excluding carboxylic acids is 1. The second kappa shape index (κ2) is 6.35. The first kappa shape index (κ1) is 16.3. The number of rotatable bonds is 5. The first-order chi connectivity index (χ1) is 13.2. The van der Waals surface area contributed by atoms with Gasteiger partial charge in [0.1, 0.15) is 5.69 Å². The zero-order valence-electron chi connectivity index (χ0n) is 14.9. The van der Waals surface area contributed by atoms with Crippen LogP contribution in [0.2, 0.25) is 0 Å². The highest BCUT2D eigenvalue weighted by molar-refractivity contribution is 7.09. The van der Waals surface area contributed by atoms with Crippen molar-refractivity contribution in [3.63, 3.8) is 0 Å². The van der Waals surface area contributed by atoms with Crippen LogP contribution < -0.4 is 5.32 Å². The van der Waals surface area contributed by atoms with E-state index < -0.39 is 0 Å². The Morgan fingerprint density at radius 3 is 3.04 bits per heavy atom. The Bertz CT molecular complexity index is 1130. The number of thiazole rings is 1. The molecule has 0 bridgehead atoms. The monoisotopic (exact) mass is 377 g/mol. The third-order valence-electron chi connectivity index (χ3n) is 4.74. The molecule has 4 heterocycles. The van der Waals surface area contributed by atoms with Gasteiger partial charge in [0.15, 0.2) is 0 Å². The lowest BCUT2D eigenvalue weighted by molar-refractivity contribution is 0.0953. The van der Waals surface area contributed by atoms with Crippen molar-refractivity contribution in [2.45, 2.75) is 32.4 Å². The van der Waals surface area contributed by atoms with Crippen LogP contribution in [0.3, 0.4) is 0 Å². The first-order valence-corrected chi connectivity index (χ1v) is 9.89. The molecule has 0 unspecified atom stereocenters. The van der Waals surface area contributed by atoms with Gasteiger partial charge in [0.25, 0.3) is 5.91 Å². The molecule has 27 heavy (non-hydrogen) atoms. The zero-order chi connectivity index (χ0) is 18.4.